The van der Waals surface area contributed by atoms with Crippen LogP contribution in [0.4, 0.5) is 8.78 Å². The van der Waals surface area contributed by atoms with Gasteiger partial charge in [-0.3, -0.25) is 4.57 Å². The van der Waals surface area contributed by atoms with E-state index in [-0.39, 0.29) is 41.3 Å². The third-order valence-corrected chi connectivity index (χ3v) is 7.39. The van der Waals surface area contributed by atoms with Crippen molar-refractivity contribution in [1.82, 2.24) is 0 Å². The minimum atomic E-state index is -4.65. The van der Waals surface area contributed by atoms with Crippen LogP contribution in [0.15, 0.2) is 29.2 Å². The van der Waals surface area contributed by atoms with Crippen LogP contribution >= 0.6 is 31.0 Å². The highest BCUT2D eigenvalue weighted by atomic mass is 35.5. The summed E-state index contributed by atoms with van der Waals surface area (Å²) in [4.78, 5) is -3.60. The molecule has 26 heavy (non-hydrogen) atoms. The van der Waals surface area contributed by atoms with Gasteiger partial charge in [0.2, 0.25) is 0 Å². The zero-order chi connectivity index (χ0) is 19.8. The minimum Gasteiger partial charge on any atom is -0.304 e. The molecule has 0 aliphatic rings. The van der Waals surface area contributed by atoms with E-state index < -0.39 is 12.6 Å². The fourth-order valence-electron chi connectivity index (χ4n) is 2.02. The number of rotatable bonds is 10. The summed E-state index contributed by atoms with van der Waals surface area (Å²) in [5, 5.41) is 8.97. The lowest BCUT2D eigenvalue weighted by atomic mass is 10.1. The predicted molar refractivity (Wildman–Crippen MR) is 102 cm³/mol. The molecule has 1 rings (SSSR count). The van der Waals surface area contributed by atoms with Gasteiger partial charge in [-0.15, -0.1) is 0 Å². The Balaban J connectivity index is 3.26. The SMILES string of the molecule is CCC/C(SC(F)(F)P(=O)(OCC)OCC)=C(\Cl)c1ccc(C#N)cc1. The molecule has 0 aliphatic heterocycles. The van der Waals surface area contributed by atoms with Gasteiger partial charge >= 0.3 is 12.6 Å². The van der Waals surface area contributed by atoms with Gasteiger partial charge in [0.1, 0.15) is 0 Å². The molecule has 0 aliphatic carbocycles. The van der Waals surface area contributed by atoms with Crippen molar-refractivity contribution in [3.8, 4) is 6.07 Å². The normalized spacial score (nSPS) is 13.3. The number of halogens is 3. The average Bonchev–Trinajstić information content (AvgIpc) is 2.61. The smallest absolute Gasteiger partial charge is 0.304 e. The van der Waals surface area contributed by atoms with Gasteiger partial charge in [-0.1, -0.05) is 37.1 Å². The quantitative estimate of drug-likeness (QED) is 0.386. The Hall–Kier alpha value is -0.900. The number of thioether (sulfide) groups is 1. The molecule has 0 aromatic heterocycles. The topological polar surface area (TPSA) is 59.3 Å². The van der Waals surface area contributed by atoms with Crippen LogP contribution in [-0.4, -0.2) is 18.2 Å². The van der Waals surface area contributed by atoms with Crippen LogP contribution in [0.1, 0.15) is 44.7 Å². The summed E-state index contributed by atoms with van der Waals surface area (Å²) in [5.74, 6) is 0. The Morgan fingerprint density at radius 3 is 2.19 bits per heavy atom. The lowest BCUT2D eigenvalue weighted by Gasteiger charge is -2.26. The lowest BCUT2D eigenvalue weighted by Crippen LogP contribution is -2.17. The molecular formula is C17H21ClF2NO3PS. The van der Waals surface area contributed by atoms with Crippen molar-refractivity contribution < 1.29 is 22.4 Å². The van der Waals surface area contributed by atoms with Gasteiger partial charge in [-0.2, -0.15) is 14.0 Å². The molecule has 0 N–H and O–H groups in total. The summed E-state index contributed by atoms with van der Waals surface area (Å²) in [6.45, 7) is 4.44. The van der Waals surface area contributed by atoms with E-state index >= 15 is 0 Å². The van der Waals surface area contributed by atoms with Gasteiger partial charge in [0.05, 0.1) is 29.9 Å². The molecule has 0 radical (unpaired) electrons. The molecule has 0 bridgehead atoms. The summed E-state index contributed by atoms with van der Waals surface area (Å²) in [6.07, 6.45) is 0.843. The van der Waals surface area contributed by atoms with E-state index in [1.807, 2.05) is 13.0 Å². The molecule has 4 nitrogen and oxygen atoms in total. The van der Waals surface area contributed by atoms with Gasteiger partial charge < -0.3 is 9.05 Å². The standard InChI is InChI=1S/C17H21ClF2NO3PS/c1-4-7-15(16(18)14-10-8-13(12-21)9-11-14)26-17(19,20)25(22,23-5-2)24-6-3/h8-11H,4-7H2,1-3H3/b16-15+. The fraction of sp³-hybridized carbons (Fsp3) is 0.471. The maximum atomic E-state index is 14.7. The summed E-state index contributed by atoms with van der Waals surface area (Å²) >= 11 is 6.44. The van der Waals surface area contributed by atoms with E-state index in [9.17, 15) is 13.3 Å². The molecule has 0 saturated carbocycles. The maximum absolute atomic E-state index is 14.7. The third-order valence-electron chi connectivity index (χ3n) is 3.15. The molecule has 1 aromatic rings. The minimum absolute atomic E-state index is 0.108. The molecule has 144 valence electrons. The first-order chi connectivity index (χ1) is 12.2. The van der Waals surface area contributed by atoms with Crippen LogP contribution in [0.2, 0.25) is 0 Å². The van der Waals surface area contributed by atoms with Crippen molar-refractivity contribution in [2.24, 2.45) is 0 Å². The van der Waals surface area contributed by atoms with Crippen molar-refractivity contribution in [2.75, 3.05) is 13.2 Å². The largest absolute Gasteiger partial charge is 0.410 e. The number of alkyl halides is 2. The van der Waals surface area contributed by atoms with E-state index in [0.717, 1.165) is 0 Å². The van der Waals surface area contributed by atoms with E-state index in [4.69, 9.17) is 25.9 Å². The third kappa shape index (κ3) is 5.80. The molecule has 0 saturated heterocycles. The zero-order valence-electron chi connectivity index (χ0n) is 14.8. The Labute approximate surface area is 162 Å². The van der Waals surface area contributed by atoms with Crippen LogP contribution in [-0.2, 0) is 13.6 Å². The molecular weight excluding hydrogens is 403 g/mol. The molecule has 0 spiro atoms. The number of benzene rings is 1. The van der Waals surface area contributed by atoms with Gasteiger partial charge in [0.25, 0.3) is 0 Å². The highest BCUT2D eigenvalue weighted by Crippen LogP contribution is 2.68. The van der Waals surface area contributed by atoms with Crippen LogP contribution in [0.5, 0.6) is 0 Å². The first kappa shape index (κ1) is 23.1. The molecule has 0 amide bonds. The number of hydrogen-bond acceptors (Lipinski definition) is 5. The molecule has 0 fully saturated rings. The lowest BCUT2D eigenvalue weighted by molar-refractivity contribution is 0.112. The van der Waals surface area contributed by atoms with Crippen LogP contribution in [0.3, 0.4) is 0 Å². The second kappa shape index (κ2) is 10.4. The van der Waals surface area contributed by atoms with Gasteiger partial charge in [-0.25, -0.2) is 0 Å². The van der Waals surface area contributed by atoms with Crippen LogP contribution in [0, 0.1) is 11.3 Å². The van der Waals surface area contributed by atoms with Crippen molar-refractivity contribution in [2.45, 2.75) is 38.6 Å². The summed E-state index contributed by atoms with van der Waals surface area (Å²) in [6, 6.07) is 8.25. The second-order valence-electron chi connectivity index (χ2n) is 5.10. The van der Waals surface area contributed by atoms with E-state index in [0.29, 0.717) is 17.5 Å². The zero-order valence-corrected chi connectivity index (χ0v) is 17.3. The summed E-state index contributed by atoms with van der Waals surface area (Å²) in [5.41, 5.74) is 0.936. The predicted octanol–water partition coefficient (Wildman–Crippen LogP) is 6.82. The fourth-order valence-corrected chi connectivity index (χ4v) is 5.31. The Bertz CT molecular complexity index is 710. The Kier molecular flexibility index (Phi) is 9.29. The molecule has 1 aromatic carbocycles. The second-order valence-corrected chi connectivity index (χ2v) is 9.06. The number of nitrogens with zero attached hydrogens (tertiary/aromatic N) is 1. The Morgan fingerprint density at radius 1 is 1.23 bits per heavy atom. The molecule has 0 unspecified atom stereocenters. The highest BCUT2D eigenvalue weighted by molar-refractivity contribution is 8.09. The molecule has 0 atom stereocenters. The highest BCUT2D eigenvalue weighted by Gasteiger charge is 2.54. The molecule has 0 heterocycles. The number of nitriles is 1. The average molecular weight is 424 g/mol. The summed E-state index contributed by atoms with van der Waals surface area (Å²) in [7, 11) is -4.65. The van der Waals surface area contributed by atoms with Gasteiger partial charge in [0, 0.05) is 4.91 Å². The van der Waals surface area contributed by atoms with E-state index in [1.165, 1.54) is 13.8 Å². The summed E-state index contributed by atoms with van der Waals surface area (Å²) < 4.78 is 51.5. The van der Waals surface area contributed by atoms with Crippen LogP contribution < -0.4 is 0 Å². The number of hydrogen-bond donors (Lipinski definition) is 0. The van der Waals surface area contributed by atoms with Gasteiger partial charge in [-0.05, 0) is 49.7 Å². The van der Waals surface area contributed by atoms with Crippen LogP contribution in [0.25, 0.3) is 5.03 Å². The van der Waals surface area contributed by atoms with E-state index in [2.05, 4.69) is 0 Å². The van der Waals surface area contributed by atoms with Crippen molar-refractivity contribution >= 4 is 36.0 Å². The monoisotopic (exact) mass is 423 g/mol. The maximum Gasteiger partial charge on any atom is 0.410 e. The first-order valence-corrected chi connectivity index (χ1v) is 10.8. The Morgan fingerprint density at radius 2 is 1.77 bits per heavy atom. The van der Waals surface area contributed by atoms with Crippen molar-refractivity contribution in [3.05, 3.63) is 40.3 Å². The number of allylic oxidation sites excluding steroid dienone is 1. The van der Waals surface area contributed by atoms with E-state index in [1.54, 1.807) is 24.3 Å². The molecule has 9 heteroatoms. The van der Waals surface area contributed by atoms with Crippen molar-refractivity contribution in [3.63, 3.8) is 0 Å². The van der Waals surface area contributed by atoms with Crippen molar-refractivity contribution in [1.29, 1.82) is 5.26 Å². The van der Waals surface area contributed by atoms with Gasteiger partial charge in [0.15, 0.2) is 0 Å². The first-order valence-electron chi connectivity index (χ1n) is 8.09.